The quantitative estimate of drug-likeness (QED) is 0.100. The average molecular weight is 728 g/mol. The van der Waals surface area contributed by atoms with Crippen molar-refractivity contribution in [3.63, 3.8) is 0 Å². The van der Waals surface area contributed by atoms with Gasteiger partial charge < -0.3 is 44.2 Å². The molecule has 7 rings (SSSR count). The number of phenols is 1. The van der Waals surface area contributed by atoms with E-state index >= 15 is 0 Å². The number of phenolic OH excluding ortho intramolecular Hbond substituents is 1. The highest BCUT2D eigenvalue weighted by molar-refractivity contribution is 5.96. The smallest absolute Gasteiger partial charge is 0.346 e. The van der Waals surface area contributed by atoms with Gasteiger partial charge in [-0.3, -0.25) is 4.79 Å². The molecule has 274 valence electrons. The number of carboxylic acids is 1. The van der Waals surface area contributed by atoms with Gasteiger partial charge in [0.2, 0.25) is 18.5 Å². The predicted octanol–water partition coefficient (Wildman–Crippen LogP) is 1.17. The fraction of sp³-hybridized carbons (Fsp3) is 0.263. The van der Waals surface area contributed by atoms with Crippen molar-refractivity contribution in [1.29, 1.82) is 0 Å². The van der Waals surface area contributed by atoms with E-state index in [9.17, 15) is 34.8 Å². The number of hydroxylamine groups is 2. The SMILES string of the molecule is Cc1cc(C)cc(C2=C3N=CC=C3C[NH+]2OC2C(Oc3ccc4c(=O)c(-c5ccc(O)cc5)coc4c3)OC(COC(=O)C(O)C(=O)O)C(O)C2O)c1. The third kappa shape index (κ3) is 7.09. The molecule has 7 unspecified atom stereocenters. The third-order valence-corrected chi connectivity index (χ3v) is 9.11. The van der Waals surface area contributed by atoms with E-state index in [0.717, 1.165) is 22.3 Å². The van der Waals surface area contributed by atoms with Crippen LogP contribution in [0, 0.1) is 13.8 Å². The Morgan fingerprint density at radius 2 is 1.74 bits per heavy atom. The van der Waals surface area contributed by atoms with E-state index < -0.39 is 55.4 Å². The van der Waals surface area contributed by atoms with E-state index in [2.05, 4.69) is 4.99 Å². The number of aliphatic hydroxyl groups is 3. The zero-order valence-electron chi connectivity index (χ0n) is 28.3. The second kappa shape index (κ2) is 14.4. The standard InChI is InChI=1S/C38H34N2O13/c1-18-11-19(2)13-22(12-18)30-29-21(9-10-39-29)15-40(30)53-35-33(44)32(43)28(17-50-37(48)34(45)36(46)47)52-38(35)51-24-7-8-25-27(14-24)49-16-26(31(25)42)20-3-5-23(41)6-4-20/h3-14,16,28,32-35,38,41,43-45H,15,17H2,1-2H3,(H,46,47)/p+1. The number of aliphatic imine (C=N–C) groups is 1. The van der Waals surface area contributed by atoms with Gasteiger partial charge in [-0.05, 0) is 61.9 Å². The van der Waals surface area contributed by atoms with Crippen molar-refractivity contribution in [3.05, 3.63) is 111 Å². The molecule has 1 fully saturated rings. The number of esters is 1. The largest absolute Gasteiger partial charge is 0.508 e. The van der Waals surface area contributed by atoms with Crippen molar-refractivity contribution in [1.82, 2.24) is 0 Å². The van der Waals surface area contributed by atoms with Crippen molar-refractivity contribution in [2.75, 3.05) is 13.2 Å². The summed E-state index contributed by atoms with van der Waals surface area (Å²) in [5.41, 5.74) is 5.74. The Morgan fingerprint density at radius 3 is 2.45 bits per heavy atom. The van der Waals surface area contributed by atoms with Crippen molar-refractivity contribution in [2.24, 2.45) is 4.99 Å². The molecule has 0 amide bonds. The lowest BCUT2D eigenvalue weighted by Gasteiger charge is -2.41. The number of nitrogens with zero attached hydrogens (tertiary/aromatic N) is 1. The van der Waals surface area contributed by atoms with Crippen molar-refractivity contribution >= 4 is 34.8 Å². The van der Waals surface area contributed by atoms with E-state index in [4.69, 9.17) is 28.6 Å². The van der Waals surface area contributed by atoms with Crippen molar-refractivity contribution in [2.45, 2.75) is 50.7 Å². The molecule has 1 aromatic heterocycles. The number of allylic oxidation sites excluding steroid dienone is 1. The Labute approximate surface area is 300 Å². The van der Waals surface area contributed by atoms with Gasteiger partial charge in [-0.15, -0.1) is 0 Å². The fourth-order valence-electron chi connectivity index (χ4n) is 6.57. The molecule has 15 heteroatoms. The van der Waals surface area contributed by atoms with Gasteiger partial charge in [-0.25, -0.2) is 14.6 Å². The van der Waals surface area contributed by atoms with E-state index in [0.29, 0.717) is 28.6 Å². The van der Waals surface area contributed by atoms with Crippen LogP contribution in [0.2, 0.25) is 0 Å². The molecule has 0 spiro atoms. The summed E-state index contributed by atoms with van der Waals surface area (Å²) in [5.74, 6) is -3.17. The number of carbonyl (C=O) groups is 2. The zero-order chi connectivity index (χ0) is 37.6. The Bertz CT molecular complexity index is 2220. The molecule has 0 bridgehead atoms. The summed E-state index contributed by atoms with van der Waals surface area (Å²) >= 11 is 0. The maximum absolute atomic E-state index is 13.4. The van der Waals surface area contributed by atoms with Crippen molar-refractivity contribution in [3.8, 4) is 22.6 Å². The molecule has 15 nitrogen and oxygen atoms in total. The second-order valence-electron chi connectivity index (χ2n) is 12.9. The van der Waals surface area contributed by atoms with Gasteiger partial charge in [0, 0.05) is 23.4 Å². The minimum atomic E-state index is -2.47. The third-order valence-electron chi connectivity index (χ3n) is 9.11. The zero-order valence-corrected chi connectivity index (χ0v) is 28.3. The Kier molecular flexibility index (Phi) is 9.69. The first-order chi connectivity index (χ1) is 25.4. The highest BCUT2D eigenvalue weighted by Gasteiger charge is 2.51. The number of rotatable bonds is 10. The number of benzene rings is 3. The van der Waals surface area contributed by atoms with Gasteiger partial charge in [0.1, 0.15) is 60.5 Å². The molecule has 6 N–H and O–H groups in total. The monoisotopic (exact) mass is 727 g/mol. The minimum absolute atomic E-state index is 0.0433. The molecule has 3 aliphatic rings. The molecule has 4 aromatic rings. The Balaban J connectivity index is 1.20. The number of aryl methyl sites for hydroxylation is 2. The summed E-state index contributed by atoms with van der Waals surface area (Å²) in [5, 5.41) is 51.5. The lowest BCUT2D eigenvalue weighted by molar-refractivity contribution is -1.04. The molecular weight excluding hydrogens is 692 g/mol. The molecule has 4 heterocycles. The van der Waals surface area contributed by atoms with Gasteiger partial charge >= 0.3 is 11.9 Å². The van der Waals surface area contributed by atoms with Crippen LogP contribution in [0.1, 0.15) is 16.7 Å². The van der Waals surface area contributed by atoms with E-state index in [1.54, 1.807) is 18.3 Å². The topological polar surface area (TPSA) is 219 Å². The van der Waals surface area contributed by atoms with Crippen LogP contribution >= 0.6 is 0 Å². The van der Waals surface area contributed by atoms with E-state index in [-0.39, 0.29) is 33.5 Å². The molecule has 0 aliphatic carbocycles. The van der Waals surface area contributed by atoms with E-state index in [1.807, 2.05) is 38.1 Å². The number of aliphatic hydroxyl groups excluding tert-OH is 3. The number of fused-ring (bicyclic) bond motifs is 2. The van der Waals surface area contributed by atoms with Gasteiger partial charge in [-0.1, -0.05) is 29.3 Å². The second-order valence-corrected chi connectivity index (χ2v) is 12.9. The molecule has 1 saturated heterocycles. The van der Waals surface area contributed by atoms with Crippen LogP contribution in [-0.4, -0.2) is 93.6 Å². The fourth-order valence-corrected chi connectivity index (χ4v) is 6.57. The van der Waals surface area contributed by atoms with Gasteiger partial charge in [0.05, 0.1) is 10.9 Å². The van der Waals surface area contributed by atoms with Crippen LogP contribution in [0.3, 0.4) is 0 Å². The van der Waals surface area contributed by atoms with Crippen LogP contribution in [0.4, 0.5) is 0 Å². The first-order valence-corrected chi connectivity index (χ1v) is 16.6. The van der Waals surface area contributed by atoms with Crippen LogP contribution < -0.4 is 15.2 Å². The summed E-state index contributed by atoms with van der Waals surface area (Å²) in [4.78, 5) is 47.6. The van der Waals surface area contributed by atoms with Gasteiger partial charge in [-0.2, -0.15) is 9.90 Å². The number of carbonyl (C=O) groups excluding carboxylic acids is 1. The average Bonchev–Trinajstić information content (AvgIpc) is 3.71. The Hall–Kier alpha value is -5.68. The highest BCUT2D eigenvalue weighted by atomic mass is 16.8. The maximum atomic E-state index is 13.4. The number of quaternary nitrogens is 1. The molecule has 3 aliphatic heterocycles. The number of nitrogens with one attached hydrogen (secondary N) is 1. The van der Waals surface area contributed by atoms with Crippen LogP contribution in [-0.2, 0) is 23.9 Å². The lowest BCUT2D eigenvalue weighted by Crippen LogP contribution is -3.08. The summed E-state index contributed by atoms with van der Waals surface area (Å²) in [6.07, 6.45) is -5.40. The van der Waals surface area contributed by atoms with E-state index in [1.165, 1.54) is 36.6 Å². The summed E-state index contributed by atoms with van der Waals surface area (Å²) in [7, 11) is 0. The molecule has 7 atom stereocenters. The number of hydrogen-bond acceptors (Lipinski definition) is 13. The number of carboxylic acid groups (broad SMARTS) is 1. The highest BCUT2D eigenvalue weighted by Crippen LogP contribution is 2.32. The molecule has 3 aromatic carbocycles. The number of hydrogen-bond donors (Lipinski definition) is 6. The normalized spacial score (nSPS) is 24.2. The molecule has 53 heavy (non-hydrogen) atoms. The number of aliphatic carboxylic acids is 1. The summed E-state index contributed by atoms with van der Waals surface area (Å²) in [6.45, 7) is 3.49. The van der Waals surface area contributed by atoms with Crippen LogP contribution in [0.15, 0.2) is 98.5 Å². The Morgan fingerprint density at radius 1 is 1.00 bits per heavy atom. The lowest BCUT2D eigenvalue weighted by atomic mass is 9.99. The summed E-state index contributed by atoms with van der Waals surface area (Å²) < 4.78 is 22.9. The van der Waals surface area contributed by atoms with Gasteiger partial charge in [0.15, 0.2) is 11.1 Å². The molecule has 0 radical (unpaired) electrons. The van der Waals surface area contributed by atoms with Crippen molar-refractivity contribution < 1.29 is 63.7 Å². The first kappa shape index (κ1) is 35.7. The van der Waals surface area contributed by atoms with Gasteiger partial charge in [0.25, 0.3) is 0 Å². The minimum Gasteiger partial charge on any atom is -0.508 e. The van der Waals surface area contributed by atoms with Crippen LogP contribution in [0.5, 0.6) is 11.5 Å². The molecular formula is C38H35N2O13+. The maximum Gasteiger partial charge on any atom is 0.346 e. The van der Waals surface area contributed by atoms with Crippen LogP contribution in [0.25, 0.3) is 27.8 Å². The summed E-state index contributed by atoms with van der Waals surface area (Å²) in [6, 6.07) is 16.5. The number of ether oxygens (including phenoxy) is 3. The predicted molar refractivity (Wildman–Crippen MR) is 186 cm³/mol. The first-order valence-electron chi connectivity index (χ1n) is 16.6. The molecule has 0 saturated carbocycles. The number of aromatic hydroxyl groups is 1.